The van der Waals surface area contributed by atoms with E-state index >= 15 is 0 Å². The van der Waals surface area contributed by atoms with Gasteiger partial charge in [-0.1, -0.05) is 54.6 Å². The fourth-order valence-electron chi connectivity index (χ4n) is 4.19. The number of nitrogens with zero attached hydrogens (tertiary/aromatic N) is 2. The summed E-state index contributed by atoms with van der Waals surface area (Å²) in [5.74, 6) is -0.0527. The lowest BCUT2D eigenvalue weighted by atomic mass is 10.1. The van der Waals surface area contributed by atoms with Crippen molar-refractivity contribution in [3.05, 3.63) is 101 Å². The molecule has 166 valence electrons. The molecule has 5 nitrogen and oxygen atoms in total. The Kier molecular flexibility index (Phi) is 7.54. The van der Waals surface area contributed by atoms with Crippen LogP contribution in [0.5, 0.6) is 0 Å². The predicted molar refractivity (Wildman–Crippen MR) is 131 cm³/mol. The van der Waals surface area contributed by atoms with Crippen LogP contribution in [0.1, 0.15) is 27.0 Å². The van der Waals surface area contributed by atoms with Crippen LogP contribution in [-0.4, -0.2) is 44.0 Å². The van der Waals surface area contributed by atoms with Gasteiger partial charge in [-0.25, -0.2) is 0 Å². The van der Waals surface area contributed by atoms with Crippen molar-refractivity contribution in [2.45, 2.75) is 19.6 Å². The molecule has 1 amide bonds. The molecule has 0 aliphatic carbocycles. The van der Waals surface area contributed by atoms with Gasteiger partial charge in [0.25, 0.3) is 5.91 Å². The summed E-state index contributed by atoms with van der Waals surface area (Å²) in [7, 11) is 1.65. The van der Waals surface area contributed by atoms with E-state index in [0.717, 1.165) is 45.8 Å². The molecule has 2 N–H and O–H groups in total. The van der Waals surface area contributed by atoms with Crippen LogP contribution in [0.2, 0.25) is 0 Å². The van der Waals surface area contributed by atoms with Crippen LogP contribution in [0.25, 0.3) is 0 Å². The van der Waals surface area contributed by atoms with Crippen LogP contribution in [0.15, 0.2) is 78.9 Å². The Morgan fingerprint density at radius 1 is 0.781 bits per heavy atom. The minimum atomic E-state index is -0.0527. The molecule has 3 aromatic rings. The maximum Gasteiger partial charge on any atom is 0.251 e. The second-order valence-corrected chi connectivity index (χ2v) is 8.25. The molecule has 0 saturated carbocycles. The first-order chi connectivity index (χ1) is 15.7. The van der Waals surface area contributed by atoms with E-state index in [0.29, 0.717) is 5.56 Å². The summed E-state index contributed by atoms with van der Waals surface area (Å²) < 4.78 is 0. The fourth-order valence-corrected chi connectivity index (χ4v) is 4.19. The molecule has 1 fully saturated rings. The van der Waals surface area contributed by atoms with Crippen molar-refractivity contribution in [1.29, 1.82) is 0 Å². The van der Waals surface area contributed by atoms with Gasteiger partial charge in [0.05, 0.1) is 0 Å². The summed E-state index contributed by atoms with van der Waals surface area (Å²) in [5.41, 5.74) is 5.92. The number of hydrogen-bond acceptors (Lipinski definition) is 4. The Hall–Kier alpha value is -3.15. The van der Waals surface area contributed by atoms with E-state index in [9.17, 15) is 4.79 Å². The van der Waals surface area contributed by atoms with Crippen LogP contribution in [-0.2, 0) is 19.6 Å². The largest absolute Gasteiger partial charge is 0.369 e. The van der Waals surface area contributed by atoms with Crippen molar-refractivity contribution in [2.24, 2.45) is 0 Å². The van der Waals surface area contributed by atoms with Crippen LogP contribution in [0, 0.1) is 0 Å². The van der Waals surface area contributed by atoms with Crippen molar-refractivity contribution in [2.75, 3.05) is 38.1 Å². The van der Waals surface area contributed by atoms with Gasteiger partial charge >= 0.3 is 0 Å². The van der Waals surface area contributed by atoms with Crippen molar-refractivity contribution in [1.82, 2.24) is 15.5 Å². The SMILES string of the molecule is CNC(=O)c1ccc(CNCc2ccccc2CN2CCN(c3ccccc3)CC2)cc1. The molecule has 0 bridgehead atoms. The van der Waals surface area contributed by atoms with Gasteiger partial charge in [0.15, 0.2) is 0 Å². The number of carbonyl (C=O) groups is 1. The van der Waals surface area contributed by atoms with Crippen LogP contribution in [0.3, 0.4) is 0 Å². The minimum Gasteiger partial charge on any atom is -0.369 e. The zero-order chi connectivity index (χ0) is 22.2. The van der Waals surface area contributed by atoms with E-state index in [1.54, 1.807) is 7.05 Å². The lowest BCUT2D eigenvalue weighted by Crippen LogP contribution is -2.46. The van der Waals surface area contributed by atoms with E-state index in [1.807, 2.05) is 24.3 Å². The van der Waals surface area contributed by atoms with Gasteiger partial charge in [-0.05, 0) is 41.0 Å². The van der Waals surface area contributed by atoms with E-state index in [-0.39, 0.29) is 5.91 Å². The van der Waals surface area contributed by atoms with Gasteiger partial charge in [-0.3, -0.25) is 9.69 Å². The van der Waals surface area contributed by atoms with Gasteiger partial charge in [-0.15, -0.1) is 0 Å². The summed E-state index contributed by atoms with van der Waals surface area (Å²) in [5, 5.41) is 6.21. The highest BCUT2D eigenvalue weighted by atomic mass is 16.1. The average Bonchev–Trinajstić information content (AvgIpc) is 2.86. The van der Waals surface area contributed by atoms with Gasteiger partial charge in [-0.2, -0.15) is 0 Å². The Bertz CT molecular complexity index is 996. The molecule has 1 saturated heterocycles. The fraction of sp³-hybridized carbons (Fsp3) is 0.296. The minimum absolute atomic E-state index is 0.0527. The molecule has 1 aliphatic heterocycles. The normalized spacial score (nSPS) is 14.3. The molecule has 5 heteroatoms. The van der Waals surface area contributed by atoms with Gasteiger partial charge in [0, 0.05) is 64.1 Å². The molecular formula is C27H32N4O. The molecule has 0 radical (unpaired) electrons. The molecule has 0 spiro atoms. The third-order valence-corrected chi connectivity index (χ3v) is 6.09. The summed E-state index contributed by atoms with van der Waals surface area (Å²) in [6, 6.07) is 27.2. The number of hydrogen-bond donors (Lipinski definition) is 2. The molecule has 3 aromatic carbocycles. The average molecular weight is 429 g/mol. The third kappa shape index (κ3) is 5.75. The smallest absolute Gasteiger partial charge is 0.251 e. The quantitative estimate of drug-likeness (QED) is 0.575. The second kappa shape index (κ2) is 10.9. The van der Waals surface area contributed by atoms with E-state index < -0.39 is 0 Å². The standard InChI is InChI=1S/C27H32N4O/c1-28-27(32)23-13-11-22(12-14-23)19-29-20-24-7-5-6-8-25(24)21-30-15-17-31(18-16-30)26-9-3-2-4-10-26/h2-14,29H,15-21H2,1H3,(H,28,32). The maximum atomic E-state index is 11.7. The molecular weight excluding hydrogens is 396 g/mol. The van der Waals surface area contributed by atoms with Crippen molar-refractivity contribution >= 4 is 11.6 Å². The van der Waals surface area contributed by atoms with Crippen molar-refractivity contribution in [3.8, 4) is 0 Å². The van der Waals surface area contributed by atoms with Gasteiger partial charge < -0.3 is 15.5 Å². The first-order valence-electron chi connectivity index (χ1n) is 11.3. The number of rotatable bonds is 8. The number of piperazine rings is 1. The summed E-state index contributed by atoms with van der Waals surface area (Å²) in [6.07, 6.45) is 0. The topological polar surface area (TPSA) is 47.6 Å². The number of amides is 1. The zero-order valence-electron chi connectivity index (χ0n) is 18.8. The van der Waals surface area contributed by atoms with E-state index in [1.165, 1.54) is 22.4 Å². The second-order valence-electron chi connectivity index (χ2n) is 8.25. The summed E-state index contributed by atoms with van der Waals surface area (Å²) >= 11 is 0. The molecule has 32 heavy (non-hydrogen) atoms. The zero-order valence-corrected chi connectivity index (χ0v) is 18.8. The Balaban J connectivity index is 1.28. The van der Waals surface area contributed by atoms with Crippen LogP contribution >= 0.6 is 0 Å². The number of nitrogens with one attached hydrogen (secondary N) is 2. The highest BCUT2D eigenvalue weighted by Gasteiger charge is 2.18. The molecule has 0 unspecified atom stereocenters. The number of benzene rings is 3. The monoisotopic (exact) mass is 428 g/mol. The molecule has 1 aliphatic rings. The van der Waals surface area contributed by atoms with Gasteiger partial charge in [0.1, 0.15) is 0 Å². The van der Waals surface area contributed by atoms with Crippen LogP contribution < -0.4 is 15.5 Å². The molecule has 4 rings (SSSR count). The lowest BCUT2D eigenvalue weighted by Gasteiger charge is -2.36. The van der Waals surface area contributed by atoms with E-state index in [2.05, 4.69) is 75.0 Å². The Morgan fingerprint density at radius 2 is 1.44 bits per heavy atom. The maximum absolute atomic E-state index is 11.7. The molecule has 0 atom stereocenters. The highest BCUT2D eigenvalue weighted by molar-refractivity contribution is 5.93. The lowest BCUT2D eigenvalue weighted by molar-refractivity contribution is 0.0963. The van der Waals surface area contributed by atoms with Gasteiger partial charge in [0.2, 0.25) is 0 Å². The third-order valence-electron chi connectivity index (χ3n) is 6.09. The van der Waals surface area contributed by atoms with Crippen molar-refractivity contribution in [3.63, 3.8) is 0 Å². The highest BCUT2D eigenvalue weighted by Crippen LogP contribution is 2.18. The first kappa shape index (κ1) is 22.1. The first-order valence-corrected chi connectivity index (χ1v) is 11.3. The molecule has 1 heterocycles. The summed E-state index contributed by atoms with van der Waals surface area (Å²) in [6.45, 7) is 6.88. The Labute approximate surface area is 191 Å². The predicted octanol–water partition coefficient (Wildman–Crippen LogP) is 3.66. The number of anilines is 1. The van der Waals surface area contributed by atoms with Crippen molar-refractivity contribution < 1.29 is 4.79 Å². The Morgan fingerprint density at radius 3 is 2.12 bits per heavy atom. The van der Waals surface area contributed by atoms with E-state index in [4.69, 9.17) is 0 Å². The number of para-hydroxylation sites is 1. The summed E-state index contributed by atoms with van der Waals surface area (Å²) in [4.78, 5) is 16.7. The van der Waals surface area contributed by atoms with Crippen LogP contribution in [0.4, 0.5) is 5.69 Å². The molecule has 0 aromatic heterocycles. The number of carbonyl (C=O) groups excluding carboxylic acids is 1.